The van der Waals surface area contributed by atoms with Gasteiger partial charge in [-0.25, -0.2) is 4.39 Å². The van der Waals surface area contributed by atoms with Crippen molar-refractivity contribution in [2.45, 2.75) is 12.5 Å². The fourth-order valence-corrected chi connectivity index (χ4v) is 2.17. The minimum atomic E-state index is -0.359. The third-order valence-electron chi connectivity index (χ3n) is 2.72. The first-order valence-corrected chi connectivity index (χ1v) is 5.27. The molecule has 82 valence electrons. The monoisotopic (exact) mass is 230 g/mol. The Morgan fingerprint density at radius 1 is 1.53 bits per heavy atom. The van der Waals surface area contributed by atoms with Crippen LogP contribution in [0.1, 0.15) is 18.1 Å². The second-order valence-corrected chi connectivity index (χ2v) is 4.10. The summed E-state index contributed by atoms with van der Waals surface area (Å²) in [4.78, 5) is 0. The minimum absolute atomic E-state index is 0.0629. The van der Waals surface area contributed by atoms with Crippen LogP contribution < -0.4 is 0 Å². The van der Waals surface area contributed by atoms with Crippen LogP contribution in [0.3, 0.4) is 0 Å². The molecule has 1 heterocycles. The molecule has 1 N–H and O–H groups in total. The van der Waals surface area contributed by atoms with Gasteiger partial charge in [0, 0.05) is 24.2 Å². The molecular weight excluding hydrogens is 219 g/mol. The Morgan fingerprint density at radius 3 is 3.00 bits per heavy atom. The summed E-state index contributed by atoms with van der Waals surface area (Å²) < 4.78 is 18.3. The highest BCUT2D eigenvalue weighted by molar-refractivity contribution is 6.31. The summed E-state index contributed by atoms with van der Waals surface area (Å²) in [6.07, 6.45) is 0.609. The molecule has 1 fully saturated rings. The van der Waals surface area contributed by atoms with E-state index >= 15 is 0 Å². The minimum Gasteiger partial charge on any atom is -0.396 e. The number of halogens is 2. The zero-order valence-electron chi connectivity index (χ0n) is 8.12. The number of hydrogen-bond donors (Lipinski definition) is 1. The Labute approximate surface area is 92.6 Å². The summed E-state index contributed by atoms with van der Waals surface area (Å²) in [6, 6.07) is 4.25. The molecule has 0 saturated carbocycles. The Bertz CT molecular complexity index is 356. The first kappa shape index (κ1) is 10.9. The van der Waals surface area contributed by atoms with Gasteiger partial charge in [-0.2, -0.15) is 0 Å². The lowest BCUT2D eigenvalue weighted by molar-refractivity contribution is 0.0721. The zero-order valence-corrected chi connectivity index (χ0v) is 8.88. The van der Waals surface area contributed by atoms with E-state index in [1.54, 1.807) is 6.07 Å². The second kappa shape index (κ2) is 4.47. The molecule has 2 nitrogen and oxygen atoms in total. The van der Waals surface area contributed by atoms with E-state index in [4.69, 9.17) is 21.4 Å². The van der Waals surface area contributed by atoms with E-state index in [2.05, 4.69) is 0 Å². The van der Waals surface area contributed by atoms with E-state index < -0.39 is 0 Å². The SMILES string of the molecule is OCC1CCOC1c1ccc(F)cc1Cl. The second-order valence-electron chi connectivity index (χ2n) is 3.69. The maximum atomic E-state index is 12.8. The molecule has 1 aliphatic heterocycles. The molecule has 0 amide bonds. The van der Waals surface area contributed by atoms with Gasteiger partial charge in [0.05, 0.1) is 6.10 Å². The number of rotatable bonds is 2. The molecule has 4 heteroatoms. The van der Waals surface area contributed by atoms with Gasteiger partial charge >= 0.3 is 0 Å². The largest absolute Gasteiger partial charge is 0.396 e. The molecule has 15 heavy (non-hydrogen) atoms. The van der Waals surface area contributed by atoms with Crippen LogP contribution in [0.15, 0.2) is 18.2 Å². The van der Waals surface area contributed by atoms with Crippen LogP contribution in [0.4, 0.5) is 4.39 Å². The maximum Gasteiger partial charge on any atom is 0.124 e. The Kier molecular flexibility index (Phi) is 3.24. The first-order valence-electron chi connectivity index (χ1n) is 4.90. The fraction of sp³-hybridized carbons (Fsp3) is 0.455. The van der Waals surface area contributed by atoms with Gasteiger partial charge in [-0.05, 0) is 24.1 Å². The molecule has 0 aromatic heterocycles. The van der Waals surface area contributed by atoms with Crippen LogP contribution >= 0.6 is 11.6 Å². The van der Waals surface area contributed by atoms with Gasteiger partial charge in [-0.1, -0.05) is 17.7 Å². The average Bonchev–Trinajstić information content (AvgIpc) is 2.65. The van der Waals surface area contributed by atoms with Gasteiger partial charge in [0.2, 0.25) is 0 Å². The molecule has 0 radical (unpaired) electrons. The quantitative estimate of drug-likeness (QED) is 0.846. The van der Waals surface area contributed by atoms with Crippen LogP contribution in [0.5, 0.6) is 0 Å². The number of benzene rings is 1. The summed E-state index contributed by atoms with van der Waals surface area (Å²) in [5.74, 6) is -0.296. The molecule has 0 spiro atoms. The molecular formula is C11H12ClFO2. The van der Waals surface area contributed by atoms with E-state index in [1.165, 1.54) is 12.1 Å². The van der Waals surface area contributed by atoms with Crippen molar-refractivity contribution >= 4 is 11.6 Å². The topological polar surface area (TPSA) is 29.5 Å². The van der Waals surface area contributed by atoms with Crippen molar-refractivity contribution in [2.24, 2.45) is 5.92 Å². The summed E-state index contributed by atoms with van der Waals surface area (Å²) >= 11 is 5.93. The average molecular weight is 231 g/mol. The number of ether oxygens (including phenoxy) is 1. The Balaban J connectivity index is 2.28. The van der Waals surface area contributed by atoms with Crippen LogP contribution in [-0.2, 0) is 4.74 Å². The van der Waals surface area contributed by atoms with Gasteiger partial charge in [0.25, 0.3) is 0 Å². The van der Waals surface area contributed by atoms with Gasteiger partial charge < -0.3 is 9.84 Å². The van der Waals surface area contributed by atoms with Crippen molar-refractivity contribution in [1.29, 1.82) is 0 Å². The lowest BCUT2D eigenvalue weighted by Crippen LogP contribution is -2.12. The molecule has 1 aliphatic rings. The van der Waals surface area contributed by atoms with Gasteiger partial charge in [0.1, 0.15) is 5.82 Å². The Hall–Kier alpha value is -0.640. The van der Waals surface area contributed by atoms with E-state index in [0.29, 0.717) is 11.6 Å². The van der Waals surface area contributed by atoms with Crippen molar-refractivity contribution in [2.75, 3.05) is 13.2 Å². The van der Waals surface area contributed by atoms with Crippen molar-refractivity contribution in [3.63, 3.8) is 0 Å². The lowest BCUT2D eigenvalue weighted by Gasteiger charge is -2.17. The summed E-state index contributed by atoms with van der Waals surface area (Å²) in [5.41, 5.74) is 0.759. The molecule has 2 unspecified atom stereocenters. The lowest BCUT2D eigenvalue weighted by atomic mass is 9.96. The molecule has 0 aliphatic carbocycles. The highest BCUT2D eigenvalue weighted by atomic mass is 35.5. The van der Waals surface area contributed by atoms with Gasteiger partial charge in [0.15, 0.2) is 0 Å². The molecule has 0 bridgehead atoms. The number of aliphatic hydroxyl groups excluding tert-OH is 1. The molecule has 1 aromatic rings. The van der Waals surface area contributed by atoms with Crippen molar-refractivity contribution in [1.82, 2.24) is 0 Å². The zero-order chi connectivity index (χ0) is 10.8. The van der Waals surface area contributed by atoms with Gasteiger partial charge in [-0.3, -0.25) is 0 Å². The first-order chi connectivity index (χ1) is 7.22. The van der Waals surface area contributed by atoms with E-state index in [-0.39, 0.29) is 24.4 Å². The predicted molar refractivity (Wildman–Crippen MR) is 55.3 cm³/mol. The summed E-state index contributed by atoms with van der Waals surface area (Å²) in [6.45, 7) is 0.683. The fourth-order valence-electron chi connectivity index (χ4n) is 1.90. The molecule has 1 saturated heterocycles. The predicted octanol–water partition coefficient (Wildman–Crippen LogP) is 2.55. The normalized spacial score (nSPS) is 25.8. The molecule has 2 atom stereocenters. The van der Waals surface area contributed by atoms with E-state index in [9.17, 15) is 4.39 Å². The highest BCUT2D eigenvalue weighted by Crippen LogP contribution is 2.37. The Morgan fingerprint density at radius 2 is 2.33 bits per heavy atom. The van der Waals surface area contributed by atoms with Crippen molar-refractivity contribution in [3.8, 4) is 0 Å². The standard InChI is InChI=1S/C11H12ClFO2/c12-10-5-8(13)1-2-9(10)11-7(6-14)3-4-15-11/h1-2,5,7,11,14H,3-4,6H2. The van der Waals surface area contributed by atoms with Crippen LogP contribution in [-0.4, -0.2) is 18.3 Å². The smallest absolute Gasteiger partial charge is 0.124 e. The number of aliphatic hydroxyl groups is 1. The third kappa shape index (κ3) is 2.14. The summed E-state index contributed by atoms with van der Waals surface area (Å²) in [7, 11) is 0. The molecule has 1 aromatic carbocycles. The van der Waals surface area contributed by atoms with Crippen LogP contribution in [0, 0.1) is 11.7 Å². The van der Waals surface area contributed by atoms with Gasteiger partial charge in [-0.15, -0.1) is 0 Å². The van der Waals surface area contributed by atoms with Crippen molar-refractivity contribution in [3.05, 3.63) is 34.6 Å². The van der Waals surface area contributed by atoms with Crippen LogP contribution in [0.25, 0.3) is 0 Å². The third-order valence-corrected chi connectivity index (χ3v) is 3.05. The highest BCUT2D eigenvalue weighted by Gasteiger charge is 2.30. The van der Waals surface area contributed by atoms with E-state index in [1.807, 2.05) is 0 Å². The molecule has 2 rings (SSSR count). The van der Waals surface area contributed by atoms with E-state index in [0.717, 1.165) is 12.0 Å². The number of hydrogen-bond acceptors (Lipinski definition) is 2. The van der Waals surface area contributed by atoms with Crippen LogP contribution in [0.2, 0.25) is 5.02 Å². The van der Waals surface area contributed by atoms with Crippen molar-refractivity contribution < 1.29 is 14.2 Å². The maximum absolute atomic E-state index is 12.8. The summed E-state index contributed by atoms with van der Waals surface area (Å²) in [5, 5.41) is 9.51.